The molecule has 5 rings (SSSR count). The summed E-state index contributed by atoms with van der Waals surface area (Å²) in [5.74, 6) is -0.861. The summed E-state index contributed by atoms with van der Waals surface area (Å²) in [7, 11) is 0. The zero-order valence-electron chi connectivity index (χ0n) is 18.6. The van der Waals surface area contributed by atoms with E-state index in [9.17, 15) is 19.5 Å². The summed E-state index contributed by atoms with van der Waals surface area (Å²) in [6, 6.07) is 10.2. The van der Waals surface area contributed by atoms with E-state index >= 15 is 0 Å². The van der Waals surface area contributed by atoms with Crippen LogP contribution < -0.4 is 16.7 Å². The van der Waals surface area contributed by atoms with Crippen LogP contribution in [-0.2, 0) is 17.9 Å². The first-order valence-corrected chi connectivity index (χ1v) is 11.3. The molecule has 1 saturated heterocycles. The van der Waals surface area contributed by atoms with E-state index in [4.69, 9.17) is 10.2 Å². The SMILES string of the molecule is NC(=O)CC(c1cccnc1)c1oc(CN2C[C@H]3C[C@@H](C2)c2cccc(=O)n2C3)cc(=O)c1O. The topological polar surface area (TPSA) is 132 Å². The van der Waals surface area contributed by atoms with Crippen molar-refractivity contribution in [3.8, 4) is 5.75 Å². The van der Waals surface area contributed by atoms with Gasteiger partial charge in [0.05, 0.1) is 12.5 Å². The molecule has 176 valence electrons. The number of fused-ring (bicyclic) bond motifs is 4. The van der Waals surface area contributed by atoms with Crippen LogP contribution in [0.4, 0.5) is 0 Å². The molecule has 2 bridgehead atoms. The first kappa shape index (κ1) is 22.1. The van der Waals surface area contributed by atoms with Crippen LogP contribution in [0.25, 0.3) is 0 Å². The molecule has 1 amide bonds. The molecule has 2 aliphatic rings. The van der Waals surface area contributed by atoms with Crippen LogP contribution in [0.3, 0.4) is 0 Å². The van der Waals surface area contributed by atoms with Crippen molar-refractivity contribution >= 4 is 5.91 Å². The van der Waals surface area contributed by atoms with Gasteiger partial charge in [0, 0.05) is 62.2 Å². The summed E-state index contributed by atoms with van der Waals surface area (Å²) < 4.78 is 7.91. The number of nitrogens with zero attached hydrogens (tertiary/aromatic N) is 3. The second-order valence-corrected chi connectivity index (χ2v) is 9.19. The zero-order chi connectivity index (χ0) is 23.8. The van der Waals surface area contributed by atoms with E-state index in [1.54, 1.807) is 36.7 Å². The van der Waals surface area contributed by atoms with E-state index in [1.807, 2.05) is 10.6 Å². The lowest BCUT2D eigenvalue weighted by Crippen LogP contribution is -2.46. The van der Waals surface area contributed by atoms with Gasteiger partial charge in [-0.1, -0.05) is 12.1 Å². The maximum Gasteiger partial charge on any atom is 0.250 e. The highest BCUT2D eigenvalue weighted by molar-refractivity contribution is 5.75. The number of carbonyl (C=O) groups is 1. The van der Waals surface area contributed by atoms with Crippen molar-refractivity contribution in [3.05, 3.63) is 92.1 Å². The highest BCUT2D eigenvalue weighted by Crippen LogP contribution is 2.36. The Kier molecular flexibility index (Phi) is 5.79. The van der Waals surface area contributed by atoms with Crippen molar-refractivity contribution in [1.82, 2.24) is 14.5 Å². The average Bonchev–Trinajstić information content (AvgIpc) is 2.81. The van der Waals surface area contributed by atoms with Crippen molar-refractivity contribution in [2.45, 2.75) is 37.8 Å². The quantitative estimate of drug-likeness (QED) is 0.568. The molecule has 3 atom stereocenters. The number of nitrogens with two attached hydrogens (primary N) is 1. The number of amides is 1. The predicted molar refractivity (Wildman–Crippen MR) is 123 cm³/mol. The Hall–Kier alpha value is -3.72. The number of piperidine rings is 1. The minimum Gasteiger partial charge on any atom is -0.502 e. The van der Waals surface area contributed by atoms with Crippen LogP contribution in [0.15, 0.2) is 62.8 Å². The summed E-state index contributed by atoms with van der Waals surface area (Å²) in [5, 5.41) is 10.5. The van der Waals surface area contributed by atoms with Crippen molar-refractivity contribution in [1.29, 1.82) is 0 Å². The number of primary amides is 1. The largest absolute Gasteiger partial charge is 0.502 e. The fraction of sp³-hybridized carbons (Fsp3) is 0.360. The number of pyridine rings is 2. The highest BCUT2D eigenvalue weighted by atomic mass is 16.4. The standard InChI is InChI=1S/C25H26N4O5/c26-22(31)9-19(16-3-2-6-27-10-16)25-24(33)21(30)8-18(34-25)14-28-11-15-7-17(13-28)20-4-1-5-23(32)29(20)12-15/h1-6,8,10,15,17,19,33H,7,9,11-14H2,(H2,26,31)/t15-,17+,19?/m1/s1. The number of likely N-dealkylation sites (tertiary alicyclic amines) is 1. The molecular formula is C25H26N4O5. The Morgan fingerprint density at radius 1 is 1.21 bits per heavy atom. The van der Waals surface area contributed by atoms with Crippen molar-refractivity contribution in [2.75, 3.05) is 13.1 Å². The van der Waals surface area contributed by atoms with Crippen LogP contribution in [-0.4, -0.2) is 38.6 Å². The second kappa shape index (κ2) is 8.90. The van der Waals surface area contributed by atoms with Crippen LogP contribution >= 0.6 is 0 Å². The molecule has 9 nitrogen and oxygen atoms in total. The number of aromatic nitrogens is 2. The van der Waals surface area contributed by atoms with Crippen molar-refractivity contribution < 1.29 is 14.3 Å². The second-order valence-electron chi connectivity index (χ2n) is 9.19. The van der Waals surface area contributed by atoms with Gasteiger partial charge in [-0.2, -0.15) is 0 Å². The Morgan fingerprint density at radius 3 is 2.82 bits per heavy atom. The fourth-order valence-corrected chi connectivity index (χ4v) is 5.36. The molecule has 34 heavy (non-hydrogen) atoms. The van der Waals surface area contributed by atoms with Crippen LogP contribution in [0, 0.1) is 5.92 Å². The number of hydrogen-bond donors (Lipinski definition) is 2. The third-order valence-electron chi connectivity index (χ3n) is 6.74. The van der Waals surface area contributed by atoms with E-state index in [2.05, 4.69) is 9.88 Å². The van der Waals surface area contributed by atoms with Crippen LogP contribution in [0.5, 0.6) is 5.75 Å². The molecule has 1 unspecified atom stereocenters. The summed E-state index contributed by atoms with van der Waals surface area (Å²) >= 11 is 0. The molecule has 0 aliphatic carbocycles. The smallest absolute Gasteiger partial charge is 0.250 e. The van der Waals surface area contributed by atoms with Gasteiger partial charge in [-0.3, -0.25) is 24.3 Å². The van der Waals surface area contributed by atoms with Crippen molar-refractivity contribution in [2.24, 2.45) is 11.7 Å². The number of aromatic hydroxyl groups is 1. The van der Waals surface area contributed by atoms with Gasteiger partial charge in [0.15, 0.2) is 5.76 Å². The molecule has 1 fully saturated rings. The molecule has 3 aromatic rings. The number of carbonyl (C=O) groups excluding carboxylic acids is 1. The summed E-state index contributed by atoms with van der Waals surface area (Å²) in [6.45, 7) is 2.55. The van der Waals surface area contributed by atoms with E-state index in [1.165, 1.54) is 6.07 Å². The molecule has 3 N–H and O–H groups in total. The Morgan fingerprint density at radius 2 is 2.06 bits per heavy atom. The molecular weight excluding hydrogens is 436 g/mol. The lowest BCUT2D eigenvalue weighted by molar-refractivity contribution is -0.118. The molecule has 0 spiro atoms. The van der Waals surface area contributed by atoms with Gasteiger partial charge in [-0.25, -0.2) is 0 Å². The summed E-state index contributed by atoms with van der Waals surface area (Å²) in [5.41, 5.74) is 6.58. The van der Waals surface area contributed by atoms with Crippen molar-refractivity contribution in [3.63, 3.8) is 0 Å². The molecule has 0 radical (unpaired) electrons. The Labute approximate surface area is 195 Å². The maximum atomic E-state index is 12.6. The third kappa shape index (κ3) is 4.26. The first-order valence-electron chi connectivity index (χ1n) is 11.3. The lowest BCUT2D eigenvalue weighted by atomic mass is 9.83. The average molecular weight is 463 g/mol. The van der Waals surface area contributed by atoms with E-state index in [-0.39, 0.29) is 23.7 Å². The molecule has 3 aromatic heterocycles. The van der Waals surface area contributed by atoms with Gasteiger partial charge in [0.25, 0.3) is 5.56 Å². The Balaban J connectivity index is 1.44. The Bertz CT molecular complexity index is 1330. The third-order valence-corrected chi connectivity index (χ3v) is 6.74. The minimum atomic E-state index is -0.724. The molecule has 2 aliphatic heterocycles. The van der Waals surface area contributed by atoms with Crippen LogP contribution in [0.2, 0.25) is 0 Å². The van der Waals surface area contributed by atoms with Gasteiger partial charge in [-0.05, 0) is 30.0 Å². The predicted octanol–water partition coefficient (Wildman–Crippen LogP) is 1.53. The monoisotopic (exact) mass is 462 g/mol. The summed E-state index contributed by atoms with van der Waals surface area (Å²) in [6.07, 6.45) is 4.04. The number of hydrogen-bond acceptors (Lipinski definition) is 7. The zero-order valence-corrected chi connectivity index (χ0v) is 18.6. The lowest BCUT2D eigenvalue weighted by Gasteiger charge is -2.42. The fourth-order valence-electron chi connectivity index (χ4n) is 5.36. The molecule has 9 heteroatoms. The van der Waals surface area contributed by atoms with Gasteiger partial charge < -0.3 is 19.8 Å². The van der Waals surface area contributed by atoms with Crippen LogP contribution in [0.1, 0.15) is 47.5 Å². The van der Waals surface area contributed by atoms with Gasteiger partial charge in [0.2, 0.25) is 17.1 Å². The van der Waals surface area contributed by atoms with E-state index < -0.39 is 23.0 Å². The molecule has 0 aromatic carbocycles. The molecule has 0 saturated carbocycles. The van der Waals surface area contributed by atoms with Gasteiger partial charge in [0.1, 0.15) is 5.76 Å². The van der Waals surface area contributed by atoms with E-state index in [0.29, 0.717) is 30.3 Å². The molecule has 5 heterocycles. The van der Waals surface area contributed by atoms with E-state index in [0.717, 1.165) is 25.2 Å². The van der Waals surface area contributed by atoms with Gasteiger partial charge >= 0.3 is 0 Å². The number of rotatable bonds is 6. The summed E-state index contributed by atoms with van der Waals surface area (Å²) in [4.78, 5) is 42.9. The van der Waals surface area contributed by atoms with Gasteiger partial charge in [-0.15, -0.1) is 0 Å². The first-order chi connectivity index (χ1) is 16.4. The maximum absolute atomic E-state index is 12.6. The highest BCUT2D eigenvalue weighted by Gasteiger charge is 2.35. The minimum absolute atomic E-state index is 0.0170. The normalized spacial score (nSPS) is 20.5.